The third-order valence-electron chi connectivity index (χ3n) is 3.61. The van der Waals surface area contributed by atoms with Gasteiger partial charge >= 0.3 is 0 Å². The topological polar surface area (TPSA) is 52.7 Å². The molecule has 110 valence electrons. The Hall–Kier alpha value is -1.10. The van der Waals surface area contributed by atoms with Crippen LogP contribution in [-0.2, 0) is 9.59 Å². The Labute approximate surface area is 116 Å². The lowest BCUT2D eigenvalue weighted by molar-refractivity contribution is -0.130. The van der Waals surface area contributed by atoms with E-state index in [0.29, 0.717) is 6.54 Å². The van der Waals surface area contributed by atoms with Crippen molar-refractivity contribution in [1.82, 2.24) is 15.1 Å². The number of rotatable bonds is 6. The molecule has 0 aliphatic carbocycles. The van der Waals surface area contributed by atoms with E-state index < -0.39 is 0 Å². The fourth-order valence-corrected chi connectivity index (χ4v) is 2.36. The third kappa shape index (κ3) is 6.05. The van der Waals surface area contributed by atoms with Crippen LogP contribution in [0.25, 0.3) is 0 Å². The molecule has 0 atom stereocenters. The maximum Gasteiger partial charge on any atom is 0.234 e. The fourth-order valence-electron chi connectivity index (χ4n) is 2.36. The minimum absolute atomic E-state index is 0.0971. The summed E-state index contributed by atoms with van der Waals surface area (Å²) in [6, 6.07) is 0.225. The second-order valence-electron chi connectivity index (χ2n) is 5.44. The molecule has 1 N–H and O–H groups in total. The lowest BCUT2D eigenvalue weighted by Gasteiger charge is -2.32. The SMILES string of the molecule is CCCCN(C)CC(=O)NC1CCN(C(C)=O)CC1. The van der Waals surface area contributed by atoms with Crippen LogP contribution in [0, 0.1) is 0 Å². The molecule has 0 spiro atoms. The van der Waals surface area contributed by atoms with E-state index in [-0.39, 0.29) is 17.9 Å². The van der Waals surface area contributed by atoms with Crippen LogP contribution in [0.15, 0.2) is 0 Å². The first kappa shape index (κ1) is 16.0. The van der Waals surface area contributed by atoms with E-state index in [1.54, 1.807) is 6.92 Å². The Morgan fingerprint density at radius 1 is 1.32 bits per heavy atom. The van der Waals surface area contributed by atoms with Crippen LogP contribution in [0.5, 0.6) is 0 Å². The molecule has 2 amide bonds. The zero-order valence-electron chi connectivity index (χ0n) is 12.4. The van der Waals surface area contributed by atoms with Gasteiger partial charge in [-0.05, 0) is 32.9 Å². The van der Waals surface area contributed by atoms with Crippen molar-refractivity contribution < 1.29 is 9.59 Å². The Morgan fingerprint density at radius 2 is 1.95 bits per heavy atom. The molecule has 19 heavy (non-hydrogen) atoms. The van der Waals surface area contributed by atoms with Crippen LogP contribution in [0.4, 0.5) is 0 Å². The molecule has 0 bridgehead atoms. The van der Waals surface area contributed by atoms with E-state index in [2.05, 4.69) is 17.1 Å². The Bertz CT molecular complexity index is 299. The van der Waals surface area contributed by atoms with Crippen LogP contribution in [0.1, 0.15) is 39.5 Å². The first-order valence-electron chi connectivity index (χ1n) is 7.26. The summed E-state index contributed by atoms with van der Waals surface area (Å²) < 4.78 is 0. The van der Waals surface area contributed by atoms with Crippen molar-refractivity contribution in [3.8, 4) is 0 Å². The summed E-state index contributed by atoms with van der Waals surface area (Å²) in [4.78, 5) is 27.0. The number of unbranched alkanes of at least 4 members (excludes halogenated alkanes) is 1. The molecular formula is C14H27N3O2. The van der Waals surface area contributed by atoms with Crippen LogP contribution < -0.4 is 5.32 Å². The number of hydrogen-bond acceptors (Lipinski definition) is 3. The zero-order valence-corrected chi connectivity index (χ0v) is 12.4. The average Bonchev–Trinajstić information content (AvgIpc) is 2.36. The van der Waals surface area contributed by atoms with Gasteiger partial charge in [0.2, 0.25) is 11.8 Å². The van der Waals surface area contributed by atoms with E-state index in [9.17, 15) is 9.59 Å². The van der Waals surface area contributed by atoms with Gasteiger partial charge in [-0.1, -0.05) is 13.3 Å². The van der Waals surface area contributed by atoms with Gasteiger partial charge in [-0.25, -0.2) is 0 Å². The highest BCUT2D eigenvalue weighted by Gasteiger charge is 2.22. The van der Waals surface area contributed by atoms with E-state index in [1.807, 2.05) is 11.9 Å². The quantitative estimate of drug-likeness (QED) is 0.777. The lowest BCUT2D eigenvalue weighted by Crippen LogP contribution is -2.48. The molecule has 1 aliphatic rings. The molecule has 0 aromatic carbocycles. The van der Waals surface area contributed by atoms with Gasteiger partial charge in [0, 0.05) is 26.1 Å². The second-order valence-corrected chi connectivity index (χ2v) is 5.44. The van der Waals surface area contributed by atoms with Gasteiger partial charge in [0.25, 0.3) is 0 Å². The van der Waals surface area contributed by atoms with E-state index in [0.717, 1.165) is 45.3 Å². The van der Waals surface area contributed by atoms with Gasteiger partial charge in [-0.15, -0.1) is 0 Å². The summed E-state index contributed by atoms with van der Waals surface area (Å²) in [5.74, 6) is 0.226. The molecule has 1 rings (SSSR count). The molecule has 0 aromatic rings. The standard InChI is InChI=1S/C14H27N3O2/c1-4-5-8-16(3)11-14(19)15-13-6-9-17(10-7-13)12(2)18/h13H,4-11H2,1-3H3,(H,15,19). The van der Waals surface area contributed by atoms with Gasteiger partial charge < -0.3 is 10.2 Å². The first-order valence-corrected chi connectivity index (χ1v) is 7.26. The fraction of sp³-hybridized carbons (Fsp3) is 0.857. The molecule has 1 fully saturated rings. The zero-order chi connectivity index (χ0) is 14.3. The summed E-state index contributed by atoms with van der Waals surface area (Å²) >= 11 is 0. The molecule has 5 nitrogen and oxygen atoms in total. The van der Waals surface area contributed by atoms with Crippen molar-refractivity contribution in [2.24, 2.45) is 0 Å². The van der Waals surface area contributed by atoms with Crippen LogP contribution in [0.2, 0.25) is 0 Å². The maximum atomic E-state index is 11.9. The summed E-state index contributed by atoms with van der Waals surface area (Å²) in [7, 11) is 1.98. The predicted octanol–water partition coefficient (Wildman–Crippen LogP) is 0.845. The van der Waals surface area contributed by atoms with Gasteiger partial charge in [-0.3, -0.25) is 14.5 Å². The van der Waals surface area contributed by atoms with Crippen molar-refractivity contribution >= 4 is 11.8 Å². The Balaban J connectivity index is 2.21. The summed E-state index contributed by atoms with van der Waals surface area (Å²) in [6.45, 7) is 6.69. The highest BCUT2D eigenvalue weighted by molar-refractivity contribution is 5.78. The van der Waals surface area contributed by atoms with Crippen molar-refractivity contribution in [3.63, 3.8) is 0 Å². The van der Waals surface area contributed by atoms with Crippen LogP contribution in [-0.4, -0.2) is 60.9 Å². The molecule has 1 aliphatic heterocycles. The van der Waals surface area contributed by atoms with Gasteiger partial charge in [0.15, 0.2) is 0 Å². The largest absolute Gasteiger partial charge is 0.352 e. The smallest absolute Gasteiger partial charge is 0.234 e. The molecule has 1 saturated heterocycles. The number of carbonyl (C=O) groups is 2. The van der Waals surface area contributed by atoms with Gasteiger partial charge in [0.05, 0.1) is 6.54 Å². The molecule has 1 heterocycles. The third-order valence-corrected chi connectivity index (χ3v) is 3.61. The summed E-state index contributed by atoms with van der Waals surface area (Å²) in [5.41, 5.74) is 0. The molecule has 0 radical (unpaired) electrons. The number of hydrogen-bond donors (Lipinski definition) is 1. The Kier molecular flexibility index (Phi) is 6.84. The highest BCUT2D eigenvalue weighted by Crippen LogP contribution is 2.10. The number of piperidine rings is 1. The number of likely N-dealkylation sites (tertiary alicyclic amines) is 1. The predicted molar refractivity (Wildman–Crippen MR) is 75.8 cm³/mol. The molecule has 0 aromatic heterocycles. The first-order chi connectivity index (χ1) is 9.02. The van der Waals surface area contributed by atoms with Gasteiger partial charge in [0.1, 0.15) is 0 Å². The number of amides is 2. The second kappa shape index (κ2) is 8.15. The highest BCUT2D eigenvalue weighted by atomic mass is 16.2. The van der Waals surface area contributed by atoms with Crippen molar-refractivity contribution in [2.75, 3.05) is 33.2 Å². The normalized spacial score (nSPS) is 16.7. The van der Waals surface area contributed by atoms with Crippen molar-refractivity contribution in [3.05, 3.63) is 0 Å². The minimum atomic E-state index is 0.0971. The van der Waals surface area contributed by atoms with Crippen LogP contribution in [0.3, 0.4) is 0 Å². The molecule has 0 saturated carbocycles. The van der Waals surface area contributed by atoms with E-state index in [4.69, 9.17) is 0 Å². The molecule has 0 unspecified atom stereocenters. The number of nitrogens with one attached hydrogen (secondary N) is 1. The number of carbonyl (C=O) groups excluding carboxylic acids is 2. The summed E-state index contributed by atoms with van der Waals surface area (Å²) in [5, 5.41) is 3.07. The van der Waals surface area contributed by atoms with E-state index >= 15 is 0 Å². The van der Waals surface area contributed by atoms with E-state index in [1.165, 1.54) is 0 Å². The monoisotopic (exact) mass is 269 g/mol. The number of likely N-dealkylation sites (N-methyl/N-ethyl adjacent to an activating group) is 1. The average molecular weight is 269 g/mol. The lowest BCUT2D eigenvalue weighted by atomic mass is 10.1. The molecular weight excluding hydrogens is 242 g/mol. The van der Waals surface area contributed by atoms with Crippen LogP contribution >= 0.6 is 0 Å². The van der Waals surface area contributed by atoms with Crippen molar-refractivity contribution in [2.45, 2.75) is 45.6 Å². The molecule has 5 heteroatoms. The maximum absolute atomic E-state index is 11.9. The summed E-state index contributed by atoms with van der Waals surface area (Å²) in [6.07, 6.45) is 4.00. The Morgan fingerprint density at radius 3 is 2.47 bits per heavy atom. The minimum Gasteiger partial charge on any atom is -0.352 e. The van der Waals surface area contributed by atoms with Crippen molar-refractivity contribution in [1.29, 1.82) is 0 Å². The number of nitrogens with zero attached hydrogens (tertiary/aromatic N) is 2. The van der Waals surface area contributed by atoms with Gasteiger partial charge in [-0.2, -0.15) is 0 Å².